The van der Waals surface area contributed by atoms with Crippen molar-refractivity contribution in [3.63, 3.8) is 0 Å². The van der Waals surface area contributed by atoms with Crippen LogP contribution in [0.2, 0.25) is 0 Å². The van der Waals surface area contributed by atoms with Crippen molar-refractivity contribution in [2.45, 2.75) is 38.2 Å². The van der Waals surface area contributed by atoms with Gasteiger partial charge in [-0.1, -0.05) is 38.1 Å². The van der Waals surface area contributed by atoms with E-state index >= 15 is 0 Å². The molecule has 2 heterocycles. The molecule has 3 aliphatic rings. The Hall–Kier alpha value is -6.00. The summed E-state index contributed by atoms with van der Waals surface area (Å²) in [5.41, 5.74) is 9.03. The summed E-state index contributed by atoms with van der Waals surface area (Å²) in [5, 5.41) is 0.601. The number of nitrogens with zero attached hydrogens (tertiary/aromatic N) is 2. The first-order chi connectivity index (χ1) is 22.8. The fourth-order valence-electron chi connectivity index (χ4n) is 6.21. The van der Waals surface area contributed by atoms with Gasteiger partial charge in [0, 0.05) is 17.5 Å². The second-order valence-electron chi connectivity index (χ2n) is 12.8. The van der Waals surface area contributed by atoms with E-state index in [0.29, 0.717) is 51.2 Å². The molecule has 240 valence electrons. The van der Waals surface area contributed by atoms with Gasteiger partial charge in [0.15, 0.2) is 0 Å². The number of rotatable bonds is 7. The molecule has 1 unspecified atom stereocenters. The second-order valence-corrected chi connectivity index (χ2v) is 12.8. The summed E-state index contributed by atoms with van der Waals surface area (Å²) in [6.07, 6.45) is 6.82. The maximum Gasteiger partial charge on any atom is 0.276 e. The van der Waals surface area contributed by atoms with Crippen LogP contribution >= 0.6 is 0 Å². The molecular weight excluding hydrogens is 608 g/mol. The van der Waals surface area contributed by atoms with Crippen LogP contribution in [-0.4, -0.2) is 34.2 Å². The highest BCUT2D eigenvalue weighted by atomic mass is 16.5. The largest absolute Gasteiger partial charge is 0.483 e. The molecule has 0 saturated carbocycles. The van der Waals surface area contributed by atoms with E-state index in [2.05, 4.69) is 26.0 Å². The number of allylic oxidation sites excluding steroid dienone is 2. The molecule has 4 N–H and O–H groups in total. The van der Waals surface area contributed by atoms with Gasteiger partial charge in [0.25, 0.3) is 23.6 Å². The number of fused-ring (bicyclic) bond motifs is 2. The third-order valence-electron chi connectivity index (χ3n) is 9.13. The van der Waals surface area contributed by atoms with Gasteiger partial charge in [0.05, 0.1) is 27.9 Å². The summed E-state index contributed by atoms with van der Waals surface area (Å²) in [5.74, 6) is 5.15. The molecule has 10 nitrogen and oxygen atoms in total. The molecule has 0 saturated heterocycles. The standard InChI is InChI=1S/C38H32N4O6/c1-37(2,22-4-10-26(11-5-22)47-27-12-14-30-32(20-27)36(46)42(40)35(30)45)23-16-18-38(3,19-17-23)48-28-13-15-29-31(21-28)34(44)41(33(29)43)25-8-6-24(39)7-9-25/h4-18,20-21H,19,39-40H2,1-3H3. The highest BCUT2D eigenvalue weighted by Gasteiger charge is 2.38. The van der Waals surface area contributed by atoms with Gasteiger partial charge >= 0.3 is 0 Å². The van der Waals surface area contributed by atoms with Crippen molar-refractivity contribution >= 4 is 35.0 Å². The zero-order valence-corrected chi connectivity index (χ0v) is 26.5. The van der Waals surface area contributed by atoms with Crippen molar-refractivity contribution in [3.8, 4) is 17.2 Å². The van der Waals surface area contributed by atoms with Crippen molar-refractivity contribution in [1.29, 1.82) is 0 Å². The van der Waals surface area contributed by atoms with Crippen molar-refractivity contribution in [2.24, 2.45) is 5.84 Å². The molecule has 4 aromatic rings. The third-order valence-corrected chi connectivity index (χ3v) is 9.13. The van der Waals surface area contributed by atoms with Crippen LogP contribution in [0, 0.1) is 0 Å². The first-order valence-corrected chi connectivity index (χ1v) is 15.4. The number of carbonyl (C=O) groups excluding carboxylic acids is 4. The molecule has 4 amide bonds. The summed E-state index contributed by atoms with van der Waals surface area (Å²) in [6, 6.07) is 24.0. The Labute approximate surface area is 276 Å². The molecule has 0 radical (unpaired) electrons. The Kier molecular flexibility index (Phi) is 7.06. The van der Waals surface area contributed by atoms with Gasteiger partial charge in [-0.15, -0.1) is 0 Å². The first-order valence-electron chi connectivity index (χ1n) is 15.4. The molecular formula is C38H32N4O6. The summed E-state index contributed by atoms with van der Waals surface area (Å²) in [7, 11) is 0. The van der Waals surface area contributed by atoms with Gasteiger partial charge in [-0.05, 0) is 96.9 Å². The van der Waals surface area contributed by atoms with Gasteiger partial charge in [-0.2, -0.15) is 0 Å². The number of ether oxygens (including phenoxy) is 2. The van der Waals surface area contributed by atoms with E-state index in [1.54, 1.807) is 48.5 Å². The third kappa shape index (κ3) is 5.12. The van der Waals surface area contributed by atoms with E-state index in [-0.39, 0.29) is 22.4 Å². The number of benzene rings is 4. The quantitative estimate of drug-likeness (QED) is 0.103. The van der Waals surface area contributed by atoms with E-state index in [9.17, 15) is 19.2 Å². The molecule has 0 bridgehead atoms. The second kappa shape index (κ2) is 11.1. The topological polar surface area (TPSA) is 145 Å². The minimum atomic E-state index is -0.670. The Morgan fingerprint density at radius 1 is 0.708 bits per heavy atom. The number of nitrogens with two attached hydrogens (primary N) is 2. The number of nitrogen functional groups attached to an aromatic ring is 1. The smallest absolute Gasteiger partial charge is 0.276 e. The number of imide groups is 2. The number of anilines is 2. The van der Waals surface area contributed by atoms with Gasteiger partial charge in [0.1, 0.15) is 22.8 Å². The average molecular weight is 641 g/mol. The molecule has 7 rings (SSSR count). The predicted molar refractivity (Wildman–Crippen MR) is 180 cm³/mol. The predicted octanol–water partition coefficient (Wildman–Crippen LogP) is 6.33. The van der Waals surface area contributed by atoms with E-state index < -0.39 is 23.3 Å². The summed E-state index contributed by atoms with van der Waals surface area (Å²) < 4.78 is 12.4. The van der Waals surface area contributed by atoms with Gasteiger partial charge < -0.3 is 15.2 Å². The molecule has 0 spiro atoms. The van der Waals surface area contributed by atoms with Crippen molar-refractivity contribution < 1.29 is 28.7 Å². The summed E-state index contributed by atoms with van der Waals surface area (Å²) in [6.45, 7) is 6.25. The average Bonchev–Trinajstić information content (AvgIpc) is 3.44. The highest BCUT2D eigenvalue weighted by molar-refractivity contribution is 6.34. The fourth-order valence-corrected chi connectivity index (χ4v) is 6.21. The van der Waals surface area contributed by atoms with E-state index in [1.807, 2.05) is 37.3 Å². The summed E-state index contributed by atoms with van der Waals surface area (Å²) >= 11 is 0. The number of hydrogen-bond donors (Lipinski definition) is 2. The van der Waals surface area contributed by atoms with Crippen molar-refractivity contribution in [3.05, 3.63) is 137 Å². The molecule has 4 aromatic carbocycles. The SMILES string of the molecule is CC1(Oc2ccc3c(c2)C(=O)N(c2ccc(N)cc2)C3=O)C=CC(C(C)(C)c2ccc(Oc3ccc4c(c3)C(=O)N(N)C4=O)cc2)=CC1. The number of hydrogen-bond acceptors (Lipinski definition) is 8. The molecule has 0 aromatic heterocycles. The zero-order valence-electron chi connectivity index (χ0n) is 26.5. The Balaban J connectivity index is 1.02. The molecule has 10 heteroatoms. The lowest BCUT2D eigenvalue weighted by molar-refractivity contribution is 0.0652. The zero-order chi connectivity index (χ0) is 34.0. The van der Waals surface area contributed by atoms with Crippen LogP contribution < -0.4 is 25.9 Å². The van der Waals surface area contributed by atoms with Crippen LogP contribution in [0.1, 0.15) is 74.2 Å². The molecule has 1 aliphatic carbocycles. The van der Waals surface area contributed by atoms with Crippen LogP contribution in [-0.2, 0) is 5.41 Å². The normalized spacial score (nSPS) is 18.6. The molecule has 0 fully saturated rings. The van der Waals surface area contributed by atoms with Gasteiger partial charge in [-0.25, -0.2) is 15.8 Å². The maximum atomic E-state index is 13.2. The molecule has 48 heavy (non-hydrogen) atoms. The highest BCUT2D eigenvalue weighted by Crippen LogP contribution is 2.39. The number of hydrazine groups is 1. The lowest BCUT2D eigenvalue weighted by atomic mass is 9.74. The molecule has 1 atom stereocenters. The Morgan fingerprint density at radius 2 is 1.27 bits per heavy atom. The number of amides is 4. The fraction of sp³-hybridized carbons (Fsp3) is 0.158. The van der Waals surface area contributed by atoms with Crippen molar-refractivity contribution in [1.82, 2.24) is 5.01 Å². The van der Waals surface area contributed by atoms with E-state index in [0.717, 1.165) is 16.0 Å². The minimum absolute atomic E-state index is 0.213. The van der Waals surface area contributed by atoms with Crippen molar-refractivity contribution in [2.75, 3.05) is 10.6 Å². The van der Waals surface area contributed by atoms with E-state index in [1.165, 1.54) is 12.1 Å². The van der Waals surface area contributed by atoms with Gasteiger partial charge in [-0.3, -0.25) is 19.2 Å². The Bertz CT molecular complexity index is 2100. The van der Waals surface area contributed by atoms with Crippen LogP contribution in [0.25, 0.3) is 0 Å². The van der Waals surface area contributed by atoms with Gasteiger partial charge in [0.2, 0.25) is 0 Å². The number of carbonyl (C=O) groups is 4. The van der Waals surface area contributed by atoms with Crippen LogP contribution in [0.15, 0.2) is 109 Å². The van der Waals surface area contributed by atoms with Crippen LogP contribution in [0.3, 0.4) is 0 Å². The maximum absolute atomic E-state index is 13.2. The van der Waals surface area contributed by atoms with Crippen LogP contribution in [0.5, 0.6) is 17.2 Å². The Morgan fingerprint density at radius 3 is 1.94 bits per heavy atom. The lowest BCUT2D eigenvalue weighted by Gasteiger charge is -2.34. The lowest BCUT2D eigenvalue weighted by Crippen LogP contribution is -2.36. The minimum Gasteiger partial charge on any atom is -0.483 e. The van der Waals surface area contributed by atoms with Crippen LogP contribution in [0.4, 0.5) is 11.4 Å². The van der Waals surface area contributed by atoms with E-state index in [4.69, 9.17) is 21.1 Å². The molecule has 2 aliphatic heterocycles. The summed E-state index contributed by atoms with van der Waals surface area (Å²) in [4.78, 5) is 51.8. The monoisotopic (exact) mass is 640 g/mol. The first kappa shape index (κ1) is 30.6.